The molecule has 0 saturated carbocycles. The fourth-order valence-electron chi connectivity index (χ4n) is 3.93. The SMILES string of the molecule is Cc1c(C(=O)NNC(=O)c2ccc(Cl)cc2)oc2c1/C(=N/NC(=O)Cc1ccc([N+](=O)[O-])cc1)CCC2. The summed E-state index contributed by atoms with van der Waals surface area (Å²) >= 11 is 5.83. The average molecular weight is 524 g/mol. The highest BCUT2D eigenvalue weighted by atomic mass is 35.5. The minimum atomic E-state index is -0.629. The maximum Gasteiger partial charge on any atom is 0.305 e. The van der Waals surface area contributed by atoms with Gasteiger partial charge in [-0.3, -0.25) is 35.3 Å². The lowest BCUT2D eigenvalue weighted by Crippen LogP contribution is -2.41. The van der Waals surface area contributed by atoms with Gasteiger partial charge in [0.05, 0.1) is 17.1 Å². The van der Waals surface area contributed by atoms with Gasteiger partial charge in [0.25, 0.3) is 11.6 Å². The summed E-state index contributed by atoms with van der Waals surface area (Å²) in [6.45, 7) is 1.71. The van der Waals surface area contributed by atoms with E-state index in [2.05, 4.69) is 21.4 Å². The first-order valence-corrected chi connectivity index (χ1v) is 11.7. The number of carbonyl (C=O) groups excluding carboxylic acids is 3. The molecule has 1 aliphatic carbocycles. The van der Waals surface area contributed by atoms with Gasteiger partial charge in [0.1, 0.15) is 5.76 Å². The standard InChI is InChI=1S/C25H22ClN5O6/c1-14-22-19(27-28-21(32)13-15-5-11-18(12-6-15)31(35)36)3-2-4-20(22)37-23(14)25(34)30-29-24(33)16-7-9-17(26)10-8-16/h5-12H,2-4,13H2,1H3,(H,28,32)(H,29,33)(H,30,34)/b27-19+. The summed E-state index contributed by atoms with van der Waals surface area (Å²) in [5, 5.41) is 15.5. The van der Waals surface area contributed by atoms with Crippen molar-refractivity contribution in [2.24, 2.45) is 5.10 Å². The molecule has 3 amide bonds. The number of hydrazone groups is 1. The summed E-state index contributed by atoms with van der Waals surface area (Å²) < 4.78 is 5.79. The van der Waals surface area contributed by atoms with E-state index in [1.165, 1.54) is 36.4 Å². The molecule has 37 heavy (non-hydrogen) atoms. The van der Waals surface area contributed by atoms with E-state index in [0.29, 0.717) is 58.0 Å². The van der Waals surface area contributed by atoms with Crippen molar-refractivity contribution in [3.63, 3.8) is 0 Å². The van der Waals surface area contributed by atoms with Crippen LogP contribution in [0.15, 0.2) is 58.0 Å². The molecule has 1 aliphatic rings. The van der Waals surface area contributed by atoms with Crippen molar-refractivity contribution in [3.05, 3.63) is 97.4 Å². The normalized spacial score (nSPS) is 13.5. The number of nitro groups is 1. The highest BCUT2D eigenvalue weighted by Gasteiger charge is 2.28. The van der Waals surface area contributed by atoms with E-state index in [0.717, 1.165) is 0 Å². The Morgan fingerprint density at radius 1 is 1.03 bits per heavy atom. The van der Waals surface area contributed by atoms with Crippen LogP contribution >= 0.6 is 11.6 Å². The van der Waals surface area contributed by atoms with Gasteiger partial charge in [0, 0.05) is 40.3 Å². The number of fused-ring (bicyclic) bond motifs is 1. The van der Waals surface area contributed by atoms with E-state index in [-0.39, 0.29) is 17.9 Å². The number of amides is 3. The van der Waals surface area contributed by atoms with Crippen LogP contribution in [0.1, 0.15) is 56.2 Å². The van der Waals surface area contributed by atoms with Gasteiger partial charge in [0.2, 0.25) is 5.91 Å². The Morgan fingerprint density at radius 3 is 2.38 bits per heavy atom. The van der Waals surface area contributed by atoms with Crippen LogP contribution in [0, 0.1) is 17.0 Å². The fourth-order valence-corrected chi connectivity index (χ4v) is 4.06. The number of halogens is 1. The number of nitro benzene ring substituents is 1. The molecular formula is C25H22ClN5O6. The Morgan fingerprint density at radius 2 is 1.70 bits per heavy atom. The number of aryl methyl sites for hydroxylation is 1. The number of furan rings is 1. The molecule has 3 N–H and O–H groups in total. The number of nitrogens with zero attached hydrogens (tertiary/aromatic N) is 2. The summed E-state index contributed by atoms with van der Waals surface area (Å²) in [6, 6.07) is 11.9. The van der Waals surface area contributed by atoms with Gasteiger partial charge in [-0.15, -0.1) is 0 Å². The molecular weight excluding hydrogens is 502 g/mol. The number of nitrogens with one attached hydrogen (secondary N) is 3. The van der Waals surface area contributed by atoms with E-state index in [4.69, 9.17) is 16.0 Å². The molecule has 0 bridgehead atoms. The quantitative estimate of drug-likeness (QED) is 0.331. The van der Waals surface area contributed by atoms with Crippen LogP contribution in [0.2, 0.25) is 5.02 Å². The number of hydrazine groups is 1. The second-order valence-corrected chi connectivity index (χ2v) is 8.75. The first-order valence-electron chi connectivity index (χ1n) is 11.3. The van der Waals surface area contributed by atoms with Crippen LogP contribution in [0.3, 0.4) is 0 Å². The number of rotatable bonds is 6. The number of carbonyl (C=O) groups is 3. The molecule has 0 unspecified atom stereocenters. The van der Waals surface area contributed by atoms with Crippen molar-refractivity contribution in [1.82, 2.24) is 16.3 Å². The highest BCUT2D eigenvalue weighted by Crippen LogP contribution is 2.29. The first-order chi connectivity index (χ1) is 17.7. The van der Waals surface area contributed by atoms with Crippen molar-refractivity contribution < 1.29 is 23.7 Å². The van der Waals surface area contributed by atoms with Gasteiger partial charge in [-0.25, -0.2) is 5.43 Å². The summed E-state index contributed by atoms with van der Waals surface area (Å²) in [5.74, 6) is -0.931. The van der Waals surface area contributed by atoms with Gasteiger partial charge in [-0.05, 0) is 49.6 Å². The molecule has 0 fully saturated rings. The molecule has 0 saturated heterocycles. The predicted molar refractivity (Wildman–Crippen MR) is 134 cm³/mol. The van der Waals surface area contributed by atoms with Gasteiger partial charge in [-0.1, -0.05) is 23.7 Å². The lowest BCUT2D eigenvalue weighted by molar-refractivity contribution is -0.384. The van der Waals surface area contributed by atoms with Gasteiger partial charge < -0.3 is 4.42 Å². The molecule has 11 nitrogen and oxygen atoms in total. The fraction of sp³-hybridized carbons (Fsp3) is 0.200. The zero-order valence-electron chi connectivity index (χ0n) is 19.7. The summed E-state index contributed by atoms with van der Waals surface area (Å²) in [6.07, 6.45) is 1.87. The second-order valence-electron chi connectivity index (χ2n) is 8.32. The molecule has 2 aromatic carbocycles. The van der Waals surface area contributed by atoms with Gasteiger partial charge in [0.15, 0.2) is 5.76 Å². The first kappa shape index (κ1) is 25.6. The van der Waals surface area contributed by atoms with Crippen LogP contribution in [0.25, 0.3) is 0 Å². The van der Waals surface area contributed by atoms with Crippen molar-refractivity contribution >= 4 is 40.7 Å². The Balaban J connectivity index is 1.41. The van der Waals surface area contributed by atoms with Crippen molar-refractivity contribution in [1.29, 1.82) is 0 Å². The molecule has 12 heteroatoms. The number of hydrogen-bond acceptors (Lipinski definition) is 7. The lowest BCUT2D eigenvalue weighted by atomic mass is 9.93. The van der Waals surface area contributed by atoms with Crippen LogP contribution in [0.5, 0.6) is 0 Å². The second kappa shape index (κ2) is 11.0. The van der Waals surface area contributed by atoms with E-state index in [9.17, 15) is 24.5 Å². The minimum absolute atomic E-state index is 0.00697. The average Bonchev–Trinajstić information content (AvgIpc) is 3.23. The molecule has 4 rings (SSSR count). The zero-order chi connectivity index (χ0) is 26.5. The Labute approximate surface area is 216 Å². The Kier molecular flexibility index (Phi) is 7.63. The van der Waals surface area contributed by atoms with E-state index >= 15 is 0 Å². The summed E-state index contributed by atoms with van der Waals surface area (Å²) in [4.78, 5) is 47.6. The third kappa shape index (κ3) is 6.01. The third-order valence-electron chi connectivity index (χ3n) is 5.76. The molecule has 1 aromatic heterocycles. The molecule has 1 heterocycles. The number of hydrogen-bond donors (Lipinski definition) is 3. The molecule has 3 aromatic rings. The Hall–Kier alpha value is -4.51. The minimum Gasteiger partial charge on any atom is -0.455 e. The molecule has 0 radical (unpaired) electrons. The largest absolute Gasteiger partial charge is 0.455 e. The van der Waals surface area contributed by atoms with Crippen LogP contribution in [-0.4, -0.2) is 28.4 Å². The maximum atomic E-state index is 12.7. The van der Waals surface area contributed by atoms with Crippen molar-refractivity contribution in [2.45, 2.75) is 32.6 Å². The number of benzene rings is 2. The maximum absolute atomic E-state index is 12.7. The molecule has 0 aliphatic heterocycles. The zero-order valence-corrected chi connectivity index (χ0v) is 20.4. The highest BCUT2D eigenvalue weighted by molar-refractivity contribution is 6.30. The number of non-ortho nitro benzene ring substituents is 1. The van der Waals surface area contributed by atoms with E-state index in [1.807, 2.05) is 0 Å². The van der Waals surface area contributed by atoms with Crippen LogP contribution in [-0.2, 0) is 17.6 Å². The molecule has 0 atom stereocenters. The lowest BCUT2D eigenvalue weighted by Gasteiger charge is -2.13. The van der Waals surface area contributed by atoms with Crippen molar-refractivity contribution in [2.75, 3.05) is 0 Å². The van der Waals surface area contributed by atoms with E-state index < -0.39 is 22.6 Å². The molecule has 190 valence electrons. The smallest absolute Gasteiger partial charge is 0.305 e. The monoisotopic (exact) mass is 523 g/mol. The summed E-state index contributed by atoms with van der Waals surface area (Å²) in [5.41, 5.74) is 9.83. The topological polar surface area (TPSA) is 156 Å². The Bertz CT molecular complexity index is 1400. The molecule has 0 spiro atoms. The summed E-state index contributed by atoms with van der Waals surface area (Å²) in [7, 11) is 0. The van der Waals surface area contributed by atoms with Crippen molar-refractivity contribution in [3.8, 4) is 0 Å². The third-order valence-corrected chi connectivity index (χ3v) is 6.01. The van der Waals surface area contributed by atoms with Gasteiger partial charge >= 0.3 is 5.91 Å². The van der Waals surface area contributed by atoms with E-state index in [1.54, 1.807) is 19.1 Å². The van der Waals surface area contributed by atoms with Crippen LogP contribution < -0.4 is 16.3 Å². The van der Waals surface area contributed by atoms with Gasteiger partial charge in [-0.2, -0.15) is 5.10 Å². The van der Waals surface area contributed by atoms with Crippen LogP contribution in [0.4, 0.5) is 5.69 Å². The predicted octanol–water partition coefficient (Wildman–Crippen LogP) is 3.62.